The van der Waals surface area contributed by atoms with E-state index in [9.17, 15) is 4.79 Å². The average Bonchev–Trinajstić information content (AvgIpc) is 2.94. The summed E-state index contributed by atoms with van der Waals surface area (Å²) in [6.45, 7) is 6.97. The smallest absolute Gasteiger partial charge is 0.257 e. The van der Waals surface area contributed by atoms with E-state index in [1.54, 1.807) is 12.3 Å². The summed E-state index contributed by atoms with van der Waals surface area (Å²) in [7, 11) is 0. The van der Waals surface area contributed by atoms with Crippen LogP contribution < -0.4 is 5.73 Å². The Morgan fingerprint density at radius 3 is 2.65 bits per heavy atom. The van der Waals surface area contributed by atoms with Crippen molar-refractivity contribution in [2.24, 2.45) is 5.73 Å². The maximum atomic E-state index is 12.4. The first kappa shape index (κ1) is 15.0. The van der Waals surface area contributed by atoms with Gasteiger partial charge in [0, 0.05) is 32.6 Å². The molecule has 0 aromatic carbocycles. The van der Waals surface area contributed by atoms with Crippen LogP contribution in [-0.2, 0) is 6.42 Å². The Balaban J connectivity index is 1.97. The van der Waals surface area contributed by atoms with Gasteiger partial charge in [-0.1, -0.05) is 19.1 Å². The summed E-state index contributed by atoms with van der Waals surface area (Å²) in [6, 6.07) is 1.84. The second kappa shape index (κ2) is 6.37. The summed E-state index contributed by atoms with van der Waals surface area (Å²) in [5.74, 6) is 0.812. The van der Waals surface area contributed by atoms with Gasteiger partial charge in [0.05, 0.1) is 22.9 Å². The lowest BCUT2D eigenvalue weighted by Crippen LogP contribution is -2.54. The fraction of sp³-hybridized carbons (Fsp3) is 0.571. The van der Waals surface area contributed by atoms with Crippen molar-refractivity contribution in [3.63, 3.8) is 0 Å². The molecule has 1 aliphatic heterocycles. The third kappa shape index (κ3) is 3.02. The Bertz CT molecular complexity index is 492. The normalized spacial score (nSPS) is 18.0. The minimum Gasteiger partial charge on any atom is -0.469 e. The molecule has 2 heterocycles. The van der Waals surface area contributed by atoms with Gasteiger partial charge in [-0.15, -0.1) is 0 Å². The number of amides is 1. The summed E-state index contributed by atoms with van der Waals surface area (Å²) in [5, 5.41) is 0. The minimum absolute atomic E-state index is 0.0539. The first-order chi connectivity index (χ1) is 9.54. The highest BCUT2D eigenvalue weighted by atomic mass is 32.1. The van der Waals surface area contributed by atoms with Crippen molar-refractivity contribution in [2.45, 2.75) is 26.3 Å². The first-order valence-corrected chi connectivity index (χ1v) is 7.34. The minimum atomic E-state index is 0.0539. The van der Waals surface area contributed by atoms with E-state index >= 15 is 0 Å². The molecule has 0 radical (unpaired) electrons. The van der Waals surface area contributed by atoms with E-state index in [0.717, 1.165) is 25.3 Å². The Morgan fingerprint density at radius 1 is 1.45 bits per heavy atom. The fourth-order valence-electron chi connectivity index (χ4n) is 2.47. The van der Waals surface area contributed by atoms with Gasteiger partial charge in [0.25, 0.3) is 5.91 Å². The van der Waals surface area contributed by atoms with Crippen LogP contribution in [0.5, 0.6) is 0 Å². The van der Waals surface area contributed by atoms with Crippen molar-refractivity contribution in [1.82, 2.24) is 9.80 Å². The fourth-order valence-corrected chi connectivity index (χ4v) is 2.62. The Morgan fingerprint density at radius 2 is 2.10 bits per heavy atom. The molecule has 0 saturated carbocycles. The molecule has 0 spiro atoms. The van der Waals surface area contributed by atoms with Gasteiger partial charge >= 0.3 is 0 Å². The van der Waals surface area contributed by atoms with Gasteiger partial charge in [0.15, 0.2) is 0 Å². The molecule has 1 fully saturated rings. The number of aryl methyl sites for hydroxylation is 1. The Labute approximate surface area is 124 Å². The molecule has 5 nitrogen and oxygen atoms in total. The topological polar surface area (TPSA) is 62.7 Å². The molecule has 1 aromatic rings. The lowest BCUT2D eigenvalue weighted by molar-refractivity contribution is 0.0619. The second-order valence-electron chi connectivity index (χ2n) is 5.02. The SMILES string of the molecule is CCc1occc1C(=O)N1CCN(C(C)C(N)=S)CC1. The molecule has 1 aliphatic rings. The zero-order chi connectivity index (χ0) is 14.7. The highest BCUT2D eigenvalue weighted by Gasteiger charge is 2.27. The Kier molecular flexibility index (Phi) is 4.77. The van der Waals surface area contributed by atoms with Gasteiger partial charge in [-0.2, -0.15) is 0 Å². The van der Waals surface area contributed by atoms with E-state index in [4.69, 9.17) is 22.4 Å². The highest BCUT2D eigenvalue weighted by molar-refractivity contribution is 7.80. The van der Waals surface area contributed by atoms with Crippen LogP contribution in [-0.4, -0.2) is 52.9 Å². The molecule has 1 atom stereocenters. The van der Waals surface area contributed by atoms with E-state index in [-0.39, 0.29) is 11.9 Å². The maximum Gasteiger partial charge on any atom is 0.257 e. The van der Waals surface area contributed by atoms with Crippen molar-refractivity contribution < 1.29 is 9.21 Å². The van der Waals surface area contributed by atoms with E-state index in [2.05, 4.69) is 4.90 Å². The molecule has 1 saturated heterocycles. The first-order valence-electron chi connectivity index (χ1n) is 6.93. The second-order valence-corrected chi connectivity index (χ2v) is 5.49. The van der Waals surface area contributed by atoms with Gasteiger partial charge in [-0.05, 0) is 13.0 Å². The number of hydrogen-bond donors (Lipinski definition) is 1. The number of nitrogens with two attached hydrogens (primary N) is 1. The largest absolute Gasteiger partial charge is 0.469 e. The standard InChI is InChI=1S/C14H21N3O2S/c1-3-12-11(4-9-19-12)14(18)17-7-5-16(6-8-17)10(2)13(15)20/h4,9-10H,3,5-8H2,1-2H3,(H2,15,20). The molecule has 1 unspecified atom stereocenters. The zero-order valence-corrected chi connectivity index (χ0v) is 12.8. The predicted molar refractivity (Wildman–Crippen MR) is 81.8 cm³/mol. The monoisotopic (exact) mass is 295 g/mol. The molecule has 1 aromatic heterocycles. The lowest BCUT2D eigenvalue weighted by Gasteiger charge is -2.37. The number of hydrogen-bond acceptors (Lipinski definition) is 4. The van der Waals surface area contributed by atoms with Gasteiger partial charge in [0.2, 0.25) is 0 Å². The van der Waals surface area contributed by atoms with Crippen LogP contribution in [0.2, 0.25) is 0 Å². The maximum absolute atomic E-state index is 12.4. The third-order valence-corrected chi connectivity index (χ3v) is 4.20. The number of rotatable bonds is 4. The number of furan rings is 1. The van der Waals surface area contributed by atoms with Gasteiger partial charge in [-0.3, -0.25) is 9.69 Å². The number of nitrogens with zero attached hydrogens (tertiary/aromatic N) is 2. The number of carbonyl (C=O) groups is 1. The molecule has 6 heteroatoms. The molecule has 1 amide bonds. The summed E-state index contributed by atoms with van der Waals surface area (Å²) in [5.41, 5.74) is 6.36. The molecular formula is C14H21N3O2S. The van der Waals surface area contributed by atoms with Crippen LogP contribution in [0.3, 0.4) is 0 Å². The van der Waals surface area contributed by atoms with Crippen molar-refractivity contribution in [1.29, 1.82) is 0 Å². The van der Waals surface area contributed by atoms with Crippen LogP contribution >= 0.6 is 12.2 Å². The van der Waals surface area contributed by atoms with E-state index in [1.807, 2.05) is 18.7 Å². The molecule has 0 aliphatic carbocycles. The number of thiocarbonyl (C=S) groups is 1. The van der Waals surface area contributed by atoms with Gasteiger partial charge in [-0.25, -0.2) is 0 Å². The molecular weight excluding hydrogens is 274 g/mol. The third-order valence-electron chi connectivity index (χ3n) is 3.86. The summed E-state index contributed by atoms with van der Waals surface area (Å²) in [4.78, 5) is 17.0. The lowest BCUT2D eigenvalue weighted by atomic mass is 10.1. The van der Waals surface area contributed by atoms with Crippen LogP contribution in [0.1, 0.15) is 30.0 Å². The van der Waals surface area contributed by atoms with E-state index in [0.29, 0.717) is 23.6 Å². The Hall–Kier alpha value is -1.40. The summed E-state index contributed by atoms with van der Waals surface area (Å²) in [6.07, 6.45) is 2.31. The van der Waals surface area contributed by atoms with Crippen molar-refractivity contribution >= 4 is 23.1 Å². The number of piperazine rings is 1. The quantitative estimate of drug-likeness (QED) is 0.848. The zero-order valence-electron chi connectivity index (χ0n) is 12.0. The van der Waals surface area contributed by atoms with Gasteiger partial charge in [0.1, 0.15) is 5.76 Å². The summed E-state index contributed by atoms with van der Waals surface area (Å²) >= 11 is 5.02. The summed E-state index contributed by atoms with van der Waals surface area (Å²) < 4.78 is 5.33. The van der Waals surface area contributed by atoms with Crippen LogP contribution in [0.25, 0.3) is 0 Å². The average molecular weight is 295 g/mol. The molecule has 2 N–H and O–H groups in total. The predicted octanol–water partition coefficient (Wildman–Crippen LogP) is 1.27. The highest BCUT2D eigenvalue weighted by Crippen LogP contribution is 2.16. The van der Waals surface area contributed by atoms with Crippen LogP contribution in [0.4, 0.5) is 0 Å². The van der Waals surface area contributed by atoms with E-state index < -0.39 is 0 Å². The molecule has 20 heavy (non-hydrogen) atoms. The number of carbonyl (C=O) groups excluding carboxylic acids is 1. The van der Waals surface area contributed by atoms with Crippen LogP contribution in [0.15, 0.2) is 16.7 Å². The molecule has 110 valence electrons. The van der Waals surface area contributed by atoms with Crippen LogP contribution in [0, 0.1) is 0 Å². The van der Waals surface area contributed by atoms with Gasteiger partial charge < -0.3 is 15.1 Å². The van der Waals surface area contributed by atoms with Crippen molar-refractivity contribution in [2.75, 3.05) is 26.2 Å². The van der Waals surface area contributed by atoms with Crippen molar-refractivity contribution in [3.05, 3.63) is 23.7 Å². The van der Waals surface area contributed by atoms with E-state index in [1.165, 1.54) is 0 Å². The molecule has 2 rings (SSSR count). The molecule has 0 bridgehead atoms. The van der Waals surface area contributed by atoms with Crippen molar-refractivity contribution in [3.8, 4) is 0 Å².